The van der Waals surface area contributed by atoms with Gasteiger partial charge in [0.05, 0.1) is 23.4 Å². The van der Waals surface area contributed by atoms with Gasteiger partial charge in [0, 0.05) is 24.7 Å². The van der Waals surface area contributed by atoms with Crippen molar-refractivity contribution in [3.05, 3.63) is 70.7 Å². The number of hydrogen-bond acceptors (Lipinski definition) is 4. The molecule has 1 unspecified atom stereocenters. The first-order valence-corrected chi connectivity index (χ1v) is 8.99. The van der Waals surface area contributed by atoms with Gasteiger partial charge in [-0.05, 0) is 42.7 Å². The van der Waals surface area contributed by atoms with Crippen LogP contribution in [-0.4, -0.2) is 24.7 Å². The molecule has 136 valence electrons. The Hall–Kier alpha value is -2.97. The molecule has 1 aromatic heterocycles. The number of hydrogen-bond donors (Lipinski definition) is 0. The van der Waals surface area contributed by atoms with Crippen LogP contribution in [0, 0.1) is 31.0 Å². The second-order valence-corrected chi connectivity index (χ2v) is 6.91. The number of morpholine rings is 1. The fraction of sp³-hybridized carbons (Fsp3) is 0.273. The molecule has 0 N–H and O–H groups in total. The quantitative estimate of drug-likeness (QED) is 0.677. The minimum atomic E-state index is -0.318. The topological polar surface area (TPSA) is 49.2 Å². The van der Waals surface area contributed by atoms with Crippen molar-refractivity contribution < 1.29 is 9.13 Å². The van der Waals surface area contributed by atoms with Crippen molar-refractivity contribution in [2.45, 2.75) is 20.0 Å². The summed E-state index contributed by atoms with van der Waals surface area (Å²) in [6.07, 6.45) is 1.49. The van der Waals surface area contributed by atoms with Crippen LogP contribution in [0.25, 0.3) is 10.9 Å². The van der Waals surface area contributed by atoms with Gasteiger partial charge in [0.1, 0.15) is 18.0 Å². The summed E-state index contributed by atoms with van der Waals surface area (Å²) in [5.74, 6) is -0.318. The standard InChI is InChI=1S/C22H20FN3O/c1-14-5-3-4-6-18(14)20-13-26(7-8-27-20)22-16(11-24)12-25-21-15(2)9-17(23)10-19(21)22/h3-6,9-10,12,20H,7-8,13H2,1-2H3. The van der Waals surface area contributed by atoms with Gasteiger partial charge in [-0.25, -0.2) is 4.39 Å². The van der Waals surface area contributed by atoms with Crippen molar-refractivity contribution in [1.29, 1.82) is 5.26 Å². The first-order valence-electron chi connectivity index (χ1n) is 8.99. The third kappa shape index (κ3) is 3.13. The summed E-state index contributed by atoms with van der Waals surface area (Å²) in [5.41, 5.74) is 5.00. The van der Waals surface area contributed by atoms with Crippen molar-refractivity contribution in [2.75, 3.05) is 24.6 Å². The fourth-order valence-electron chi connectivity index (χ4n) is 3.83. The van der Waals surface area contributed by atoms with Crippen LogP contribution in [0.4, 0.5) is 10.1 Å². The van der Waals surface area contributed by atoms with E-state index < -0.39 is 0 Å². The fourth-order valence-corrected chi connectivity index (χ4v) is 3.83. The highest BCUT2D eigenvalue weighted by molar-refractivity contribution is 5.96. The van der Waals surface area contributed by atoms with Crippen molar-refractivity contribution in [1.82, 2.24) is 4.98 Å². The first kappa shape index (κ1) is 17.4. The lowest BCUT2D eigenvalue weighted by Crippen LogP contribution is -2.39. The predicted octanol–water partition coefficient (Wildman–Crippen LogP) is 4.44. The zero-order valence-corrected chi connectivity index (χ0v) is 15.4. The summed E-state index contributed by atoms with van der Waals surface area (Å²) < 4.78 is 20.1. The summed E-state index contributed by atoms with van der Waals surface area (Å²) in [5, 5.41) is 10.3. The molecule has 0 amide bonds. The Balaban J connectivity index is 1.82. The zero-order valence-electron chi connectivity index (χ0n) is 15.4. The van der Waals surface area contributed by atoms with Gasteiger partial charge in [0.25, 0.3) is 0 Å². The van der Waals surface area contributed by atoms with E-state index >= 15 is 0 Å². The third-order valence-electron chi connectivity index (χ3n) is 5.14. The van der Waals surface area contributed by atoms with Crippen LogP contribution >= 0.6 is 0 Å². The highest BCUT2D eigenvalue weighted by Gasteiger charge is 2.26. The highest BCUT2D eigenvalue weighted by Crippen LogP contribution is 2.35. The SMILES string of the molecule is Cc1ccccc1C1CN(c2c(C#N)cnc3c(C)cc(F)cc23)CCO1. The van der Waals surface area contributed by atoms with Gasteiger partial charge in [0.15, 0.2) is 0 Å². The molecule has 3 aromatic rings. The average Bonchev–Trinajstić information content (AvgIpc) is 2.67. The minimum Gasteiger partial charge on any atom is -0.370 e. The van der Waals surface area contributed by atoms with Gasteiger partial charge >= 0.3 is 0 Å². The molecule has 4 nitrogen and oxygen atoms in total. The largest absolute Gasteiger partial charge is 0.370 e. The number of benzene rings is 2. The molecule has 1 aliphatic rings. The predicted molar refractivity (Wildman–Crippen MR) is 103 cm³/mol. The van der Waals surface area contributed by atoms with Gasteiger partial charge in [-0.3, -0.25) is 4.98 Å². The maximum absolute atomic E-state index is 14.1. The molecule has 1 fully saturated rings. The number of fused-ring (bicyclic) bond motifs is 1. The molecular weight excluding hydrogens is 341 g/mol. The zero-order chi connectivity index (χ0) is 19.0. The Kier molecular flexibility index (Phi) is 4.51. The number of halogens is 1. The van der Waals surface area contributed by atoms with E-state index in [9.17, 15) is 9.65 Å². The first-order chi connectivity index (χ1) is 13.1. The van der Waals surface area contributed by atoms with Gasteiger partial charge < -0.3 is 9.64 Å². The Morgan fingerprint density at radius 3 is 2.81 bits per heavy atom. The maximum atomic E-state index is 14.1. The molecule has 2 heterocycles. The molecule has 1 aliphatic heterocycles. The number of nitriles is 1. The van der Waals surface area contributed by atoms with Crippen LogP contribution in [0.5, 0.6) is 0 Å². The molecule has 0 spiro atoms. The van der Waals surface area contributed by atoms with Crippen LogP contribution in [0.2, 0.25) is 0 Å². The lowest BCUT2D eigenvalue weighted by atomic mass is 10.0. The van der Waals surface area contributed by atoms with Crippen LogP contribution in [-0.2, 0) is 4.74 Å². The van der Waals surface area contributed by atoms with E-state index in [1.807, 2.05) is 19.1 Å². The highest BCUT2D eigenvalue weighted by atomic mass is 19.1. The monoisotopic (exact) mass is 361 g/mol. The van der Waals surface area contributed by atoms with Crippen LogP contribution in [0.15, 0.2) is 42.6 Å². The molecule has 0 radical (unpaired) electrons. The number of aromatic nitrogens is 1. The normalized spacial score (nSPS) is 17.1. The van der Waals surface area contributed by atoms with E-state index in [4.69, 9.17) is 4.74 Å². The molecule has 5 heteroatoms. The maximum Gasteiger partial charge on any atom is 0.124 e. The molecule has 0 aliphatic carbocycles. The second-order valence-electron chi connectivity index (χ2n) is 6.91. The summed E-state index contributed by atoms with van der Waals surface area (Å²) in [4.78, 5) is 6.52. The molecule has 27 heavy (non-hydrogen) atoms. The smallest absolute Gasteiger partial charge is 0.124 e. The van der Waals surface area contributed by atoms with Crippen molar-refractivity contribution in [2.24, 2.45) is 0 Å². The molecule has 1 atom stereocenters. The number of rotatable bonds is 2. The molecule has 1 saturated heterocycles. The van der Waals surface area contributed by atoms with Gasteiger partial charge in [-0.15, -0.1) is 0 Å². The third-order valence-corrected chi connectivity index (χ3v) is 5.14. The van der Waals surface area contributed by atoms with Gasteiger partial charge in [-0.2, -0.15) is 5.26 Å². The van der Waals surface area contributed by atoms with E-state index in [1.54, 1.807) is 6.20 Å². The van der Waals surface area contributed by atoms with Crippen molar-refractivity contribution >= 4 is 16.6 Å². The minimum absolute atomic E-state index is 0.0932. The van der Waals surface area contributed by atoms with Crippen molar-refractivity contribution in [3.63, 3.8) is 0 Å². The van der Waals surface area contributed by atoms with E-state index in [0.717, 1.165) is 22.3 Å². The average molecular weight is 361 g/mol. The number of ether oxygens (including phenoxy) is 1. The Labute approximate surface area is 157 Å². The lowest BCUT2D eigenvalue weighted by molar-refractivity contribution is 0.0395. The summed E-state index contributed by atoms with van der Waals surface area (Å²) in [6, 6.07) is 13.3. The Bertz CT molecular complexity index is 1060. The molecule has 2 aromatic carbocycles. The summed E-state index contributed by atoms with van der Waals surface area (Å²) in [6.45, 7) is 5.70. The Morgan fingerprint density at radius 2 is 2.04 bits per heavy atom. The molecule has 4 rings (SSSR count). The van der Waals surface area contributed by atoms with Crippen LogP contribution < -0.4 is 4.90 Å². The number of pyridine rings is 1. The molecule has 0 saturated carbocycles. The van der Waals surface area contributed by atoms with E-state index in [2.05, 4.69) is 35.0 Å². The van der Waals surface area contributed by atoms with Crippen molar-refractivity contribution in [3.8, 4) is 6.07 Å². The molecule has 0 bridgehead atoms. The lowest BCUT2D eigenvalue weighted by Gasteiger charge is -2.36. The number of nitrogens with zero attached hydrogens (tertiary/aromatic N) is 3. The number of anilines is 1. The molecular formula is C22H20FN3O. The Morgan fingerprint density at radius 1 is 1.22 bits per heavy atom. The number of aryl methyl sites for hydroxylation is 2. The second kappa shape index (κ2) is 6.98. The van der Waals surface area contributed by atoms with Crippen LogP contribution in [0.3, 0.4) is 0 Å². The van der Waals surface area contributed by atoms with E-state index in [-0.39, 0.29) is 11.9 Å². The van der Waals surface area contributed by atoms with Gasteiger partial charge in [-0.1, -0.05) is 24.3 Å². The summed E-state index contributed by atoms with van der Waals surface area (Å²) in [7, 11) is 0. The van der Waals surface area contributed by atoms with Crippen LogP contribution in [0.1, 0.15) is 28.4 Å². The van der Waals surface area contributed by atoms with E-state index in [0.29, 0.717) is 30.6 Å². The van der Waals surface area contributed by atoms with Gasteiger partial charge in [0.2, 0.25) is 0 Å². The summed E-state index contributed by atoms with van der Waals surface area (Å²) >= 11 is 0. The van der Waals surface area contributed by atoms with E-state index in [1.165, 1.54) is 17.7 Å².